The van der Waals surface area contributed by atoms with Crippen molar-refractivity contribution in [3.8, 4) is 0 Å². The number of ether oxygens (including phenoxy) is 1. The van der Waals surface area contributed by atoms with Gasteiger partial charge in [0.25, 0.3) is 5.91 Å². The number of nitrogens with one attached hydrogen (secondary N) is 1. The number of carbonyl (C=O) groups excluding carboxylic acids is 2. The van der Waals surface area contributed by atoms with Gasteiger partial charge in [-0.3, -0.25) is 9.59 Å². The summed E-state index contributed by atoms with van der Waals surface area (Å²) in [5, 5.41) is 2.87. The maximum atomic E-state index is 12.9. The van der Waals surface area contributed by atoms with Gasteiger partial charge in [-0.05, 0) is 19.4 Å². The summed E-state index contributed by atoms with van der Waals surface area (Å²) in [6.45, 7) is 4.57. The van der Waals surface area contributed by atoms with Gasteiger partial charge >= 0.3 is 0 Å². The van der Waals surface area contributed by atoms with Gasteiger partial charge in [0.2, 0.25) is 5.91 Å². The lowest BCUT2D eigenvalue weighted by molar-refractivity contribution is -0.139. The Hall–Kier alpha value is -1.88. The molecule has 0 aliphatic carbocycles. The first-order chi connectivity index (χ1) is 9.97. The molecule has 0 spiro atoms. The van der Waals surface area contributed by atoms with Crippen LogP contribution in [-0.2, 0) is 19.9 Å². The van der Waals surface area contributed by atoms with Crippen molar-refractivity contribution in [1.82, 2.24) is 10.2 Å². The van der Waals surface area contributed by atoms with Crippen LogP contribution in [0, 0.1) is 0 Å². The highest BCUT2D eigenvalue weighted by Gasteiger charge is 2.42. The van der Waals surface area contributed by atoms with Crippen molar-refractivity contribution in [3.63, 3.8) is 0 Å². The van der Waals surface area contributed by atoms with E-state index in [1.54, 1.807) is 18.9 Å². The third kappa shape index (κ3) is 3.24. The predicted octanol–water partition coefficient (Wildman–Crippen LogP) is 1.29. The van der Waals surface area contributed by atoms with Gasteiger partial charge in [-0.2, -0.15) is 0 Å². The van der Waals surface area contributed by atoms with Gasteiger partial charge in [-0.15, -0.1) is 0 Å². The molecule has 1 saturated heterocycles. The molecule has 1 aromatic carbocycles. The van der Waals surface area contributed by atoms with Crippen LogP contribution in [0.1, 0.15) is 25.8 Å². The molecule has 1 N–H and O–H groups in total. The monoisotopic (exact) mass is 290 g/mol. The van der Waals surface area contributed by atoms with E-state index < -0.39 is 5.54 Å². The number of rotatable bonds is 4. The third-order valence-electron chi connectivity index (χ3n) is 3.94. The zero-order valence-corrected chi connectivity index (χ0v) is 12.8. The number of carbonyl (C=O) groups is 2. The zero-order chi connectivity index (χ0) is 15.5. The fraction of sp³-hybridized carbons (Fsp3) is 0.500. The molecule has 0 bridgehead atoms. The Labute approximate surface area is 125 Å². The lowest BCUT2D eigenvalue weighted by Crippen LogP contribution is -2.53. The Morgan fingerprint density at radius 3 is 2.62 bits per heavy atom. The SMILES string of the molecule is COC(C)CN1CCC(=O)NC(C)(c2ccccc2)C1=O. The Bertz CT molecular complexity index is 518. The fourth-order valence-electron chi connectivity index (χ4n) is 2.58. The summed E-state index contributed by atoms with van der Waals surface area (Å²) in [5.41, 5.74) is -0.234. The summed E-state index contributed by atoms with van der Waals surface area (Å²) in [6, 6.07) is 9.35. The molecule has 1 aliphatic heterocycles. The minimum Gasteiger partial charge on any atom is -0.380 e. The second-order valence-electron chi connectivity index (χ2n) is 5.59. The van der Waals surface area contributed by atoms with E-state index in [1.165, 1.54) is 0 Å². The molecule has 1 heterocycles. The number of nitrogens with zero attached hydrogens (tertiary/aromatic N) is 1. The quantitative estimate of drug-likeness (QED) is 0.909. The second-order valence-corrected chi connectivity index (χ2v) is 5.59. The van der Waals surface area contributed by atoms with Gasteiger partial charge in [0.05, 0.1) is 6.10 Å². The molecular weight excluding hydrogens is 268 g/mol. The van der Waals surface area contributed by atoms with Crippen LogP contribution >= 0.6 is 0 Å². The third-order valence-corrected chi connectivity index (χ3v) is 3.94. The molecular formula is C16H22N2O3. The van der Waals surface area contributed by atoms with E-state index in [0.29, 0.717) is 19.5 Å². The Kier molecular flexibility index (Phi) is 4.63. The second kappa shape index (κ2) is 6.26. The minimum atomic E-state index is -1.03. The first-order valence-corrected chi connectivity index (χ1v) is 7.16. The van der Waals surface area contributed by atoms with Gasteiger partial charge in [0.15, 0.2) is 0 Å². The summed E-state index contributed by atoms with van der Waals surface area (Å²) in [7, 11) is 1.62. The lowest BCUT2D eigenvalue weighted by atomic mass is 9.90. The number of benzene rings is 1. The van der Waals surface area contributed by atoms with Crippen LogP contribution in [-0.4, -0.2) is 43.0 Å². The van der Waals surface area contributed by atoms with Crippen molar-refractivity contribution in [3.05, 3.63) is 35.9 Å². The van der Waals surface area contributed by atoms with Crippen LogP contribution < -0.4 is 5.32 Å². The highest BCUT2D eigenvalue weighted by atomic mass is 16.5. The molecule has 0 radical (unpaired) electrons. The van der Waals surface area contributed by atoms with Gasteiger partial charge < -0.3 is 15.0 Å². The molecule has 2 rings (SSSR count). The summed E-state index contributed by atoms with van der Waals surface area (Å²) in [6.07, 6.45) is 0.243. The largest absolute Gasteiger partial charge is 0.380 e. The number of methoxy groups -OCH3 is 1. The lowest BCUT2D eigenvalue weighted by Gasteiger charge is -2.33. The molecule has 1 fully saturated rings. The van der Waals surface area contributed by atoms with Gasteiger partial charge in [-0.1, -0.05) is 30.3 Å². The molecule has 1 aliphatic rings. The minimum absolute atomic E-state index is 0.0674. The summed E-state index contributed by atoms with van der Waals surface area (Å²) in [4.78, 5) is 26.6. The van der Waals surface area contributed by atoms with Crippen molar-refractivity contribution >= 4 is 11.8 Å². The number of hydrogen-bond acceptors (Lipinski definition) is 3. The maximum Gasteiger partial charge on any atom is 0.252 e. The highest BCUT2D eigenvalue weighted by Crippen LogP contribution is 2.26. The molecule has 0 aromatic heterocycles. The summed E-state index contributed by atoms with van der Waals surface area (Å²) in [5.74, 6) is -0.203. The zero-order valence-electron chi connectivity index (χ0n) is 12.8. The van der Waals surface area contributed by atoms with Gasteiger partial charge in [0, 0.05) is 26.6 Å². The van der Waals surface area contributed by atoms with E-state index in [2.05, 4.69) is 5.32 Å². The van der Waals surface area contributed by atoms with Gasteiger partial charge in [0.1, 0.15) is 5.54 Å². The number of amides is 2. The normalized spacial score (nSPS) is 24.4. The van der Waals surface area contributed by atoms with Crippen LogP contribution in [0.15, 0.2) is 30.3 Å². The van der Waals surface area contributed by atoms with Gasteiger partial charge in [-0.25, -0.2) is 0 Å². The fourth-order valence-corrected chi connectivity index (χ4v) is 2.58. The molecule has 0 saturated carbocycles. The Morgan fingerprint density at radius 2 is 2.00 bits per heavy atom. The van der Waals surface area contributed by atoms with Crippen LogP contribution in [0.2, 0.25) is 0 Å². The molecule has 2 unspecified atom stereocenters. The Morgan fingerprint density at radius 1 is 1.33 bits per heavy atom. The molecule has 2 atom stereocenters. The van der Waals surface area contributed by atoms with E-state index in [-0.39, 0.29) is 17.9 Å². The van der Waals surface area contributed by atoms with Crippen LogP contribution in [0.25, 0.3) is 0 Å². The Balaban J connectivity index is 2.34. The van der Waals surface area contributed by atoms with E-state index in [4.69, 9.17) is 4.74 Å². The van der Waals surface area contributed by atoms with Crippen molar-refractivity contribution in [2.45, 2.75) is 31.9 Å². The van der Waals surface area contributed by atoms with Crippen LogP contribution in [0.4, 0.5) is 0 Å². The number of hydrogen-bond donors (Lipinski definition) is 1. The standard InChI is InChI=1S/C16H22N2O3/c1-12(21-3)11-18-10-9-14(19)17-16(2,15(18)20)13-7-5-4-6-8-13/h4-8,12H,9-11H2,1-3H3,(H,17,19). The smallest absolute Gasteiger partial charge is 0.252 e. The average Bonchev–Trinajstić information content (AvgIpc) is 2.60. The molecule has 5 nitrogen and oxygen atoms in total. The molecule has 5 heteroatoms. The van der Waals surface area contributed by atoms with Crippen molar-refractivity contribution in [2.75, 3.05) is 20.2 Å². The van der Waals surface area contributed by atoms with Crippen molar-refractivity contribution in [1.29, 1.82) is 0 Å². The summed E-state index contributed by atoms with van der Waals surface area (Å²) < 4.78 is 5.24. The van der Waals surface area contributed by atoms with Crippen LogP contribution in [0.5, 0.6) is 0 Å². The predicted molar refractivity (Wildman–Crippen MR) is 79.6 cm³/mol. The van der Waals surface area contributed by atoms with E-state index in [9.17, 15) is 9.59 Å². The molecule has 1 aromatic rings. The van der Waals surface area contributed by atoms with Crippen molar-refractivity contribution in [2.24, 2.45) is 0 Å². The molecule has 2 amide bonds. The first-order valence-electron chi connectivity index (χ1n) is 7.16. The summed E-state index contributed by atoms with van der Waals surface area (Å²) >= 11 is 0. The van der Waals surface area contributed by atoms with E-state index in [1.807, 2.05) is 37.3 Å². The molecule has 21 heavy (non-hydrogen) atoms. The molecule has 114 valence electrons. The van der Waals surface area contributed by atoms with E-state index >= 15 is 0 Å². The first kappa shape index (κ1) is 15.5. The topological polar surface area (TPSA) is 58.6 Å². The van der Waals surface area contributed by atoms with Crippen LogP contribution in [0.3, 0.4) is 0 Å². The highest BCUT2D eigenvalue weighted by molar-refractivity contribution is 5.94. The van der Waals surface area contributed by atoms with Crippen molar-refractivity contribution < 1.29 is 14.3 Å². The maximum absolute atomic E-state index is 12.9. The average molecular weight is 290 g/mol. The van der Waals surface area contributed by atoms with E-state index in [0.717, 1.165) is 5.56 Å².